The van der Waals surface area contributed by atoms with E-state index < -0.39 is 0 Å². The summed E-state index contributed by atoms with van der Waals surface area (Å²) in [6, 6.07) is 20.6. The number of carbonyl (C=O) groups excluding carboxylic acids is 1. The molecule has 0 aliphatic carbocycles. The van der Waals surface area contributed by atoms with E-state index in [4.69, 9.17) is 16.3 Å². The van der Waals surface area contributed by atoms with Crippen molar-refractivity contribution in [3.63, 3.8) is 0 Å². The Morgan fingerprint density at radius 1 is 1.03 bits per heavy atom. The fourth-order valence-corrected chi connectivity index (χ4v) is 2.59. The summed E-state index contributed by atoms with van der Waals surface area (Å²) in [6.45, 7) is 0.405. The van der Waals surface area contributed by atoms with Crippen LogP contribution in [0.1, 0.15) is 11.1 Å². The number of nitrogens with one attached hydrogen (secondary N) is 2. The molecule has 0 heterocycles. The van der Waals surface area contributed by atoms with Crippen molar-refractivity contribution in [1.82, 2.24) is 5.43 Å². The van der Waals surface area contributed by atoms with Crippen molar-refractivity contribution < 1.29 is 13.9 Å². The van der Waals surface area contributed by atoms with Gasteiger partial charge in [-0.2, -0.15) is 5.10 Å². The van der Waals surface area contributed by atoms with Gasteiger partial charge in [-0.05, 0) is 60.2 Å². The number of carbonyl (C=O) groups is 1. The number of halogens is 2. The number of hydrogen-bond acceptors (Lipinski definition) is 4. The van der Waals surface area contributed by atoms with Gasteiger partial charge >= 0.3 is 0 Å². The second kappa shape index (κ2) is 10.2. The number of nitrogens with zero attached hydrogens (tertiary/aromatic N) is 1. The number of anilines is 1. The molecule has 0 unspecified atom stereocenters. The number of benzene rings is 3. The van der Waals surface area contributed by atoms with E-state index >= 15 is 0 Å². The average Bonchev–Trinajstić information content (AvgIpc) is 2.74. The third kappa shape index (κ3) is 6.62. The summed E-state index contributed by atoms with van der Waals surface area (Å²) in [5.41, 5.74) is 4.80. The van der Waals surface area contributed by atoms with E-state index in [1.54, 1.807) is 12.1 Å². The van der Waals surface area contributed by atoms with Crippen LogP contribution in [0.5, 0.6) is 5.75 Å². The van der Waals surface area contributed by atoms with Crippen LogP contribution in [0.3, 0.4) is 0 Å². The molecule has 0 aliphatic heterocycles. The molecule has 29 heavy (non-hydrogen) atoms. The minimum atomic E-state index is -0.329. The first-order valence-corrected chi connectivity index (χ1v) is 9.25. The molecule has 7 heteroatoms. The fraction of sp³-hybridized carbons (Fsp3) is 0.0909. The second-order valence-electron chi connectivity index (χ2n) is 6.10. The predicted molar refractivity (Wildman–Crippen MR) is 113 cm³/mol. The van der Waals surface area contributed by atoms with E-state index in [1.807, 2.05) is 48.5 Å². The summed E-state index contributed by atoms with van der Waals surface area (Å²) in [4.78, 5) is 11.8. The SMILES string of the molecule is O=C(CNc1ccc(F)cc1)N/N=C\c1ccc(OCc2ccccc2Cl)cc1. The number of rotatable bonds is 8. The quantitative estimate of drug-likeness (QED) is 0.420. The monoisotopic (exact) mass is 411 g/mol. The Balaban J connectivity index is 1.42. The number of amides is 1. The zero-order chi connectivity index (χ0) is 20.5. The van der Waals surface area contributed by atoms with E-state index in [-0.39, 0.29) is 18.3 Å². The van der Waals surface area contributed by atoms with Crippen LogP contribution in [0.4, 0.5) is 10.1 Å². The minimum absolute atomic E-state index is 0.0256. The van der Waals surface area contributed by atoms with Gasteiger partial charge in [-0.3, -0.25) is 4.79 Å². The third-order valence-electron chi connectivity index (χ3n) is 3.93. The molecule has 148 valence electrons. The summed E-state index contributed by atoms with van der Waals surface area (Å²) in [5, 5.41) is 7.47. The summed E-state index contributed by atoms with van der Waals surface area (Å²) < 4.78 is 18.6. The number of ether oxygens (including phenoxy) is 1. The normalized spacial score (nSPS) is 10.7. The van der Waals surface area contributed by atoms with Gasteiger partial charge in [0.05, 0.1) is 12.8 Å². The molecule has 1 amide bonds. The summed E-state index contributed by atoms with van der Waals surface area (Å²) in [6.07, 6.45) is 1.54. The Labute approximate surface area is 173 Å². The topological polar surface area (TPSA) is 62.7 Å². The molecule has 0 aliphatic rings. The lowest BCUT2D eigenvalue weighted by molar-refractivity contribution is -0.119. The number of hydrazone groups is 1. The first-order valence-electron chi connectivity index (χ1n) is 8.88. The van der Waals surface area contributed by atoms with Crippen molar-refractivity contribution >= 4 is 29.4 Å². The van der Waals surface area contributed by atoms with Gasteiger partial charge in [-0.25, -0.2) is 9.82 Å². The van der Waals surface area contributed by atoms with Crippen LogP contribution in [0.2, 0.25) is 5.02 Å². The van der Waals surface area contributed by atoms with Gasteiger partial charge in [-0.1, -0.05) is 29.8 Å². The zero-order valence-electron chi connectivity index (χ0n) is 15.4. The molecule has 5 nitrogen and oxygen atoms in total. The predicted octanol–water partition coefficient (Wildman–Crippen LogP) is 4.62. The van der Waals surface area contributed by atoms with Gasteiger partial charge in [-0.15, -0.1) is 0 Å². The first kappa shape index (κ1) is 20.4. The average molecular weight is 412 g/mol. The molecule has 0 atom stereocenters. The zero-order valence-corrected chi connectivity index (χ0v) is 16.2. The summed E-state index contributed by atoms with van der Waals surface area (Å²) >= 11 is 6.11. The summed E-state index contributed by atoms with van der Waals surface area (Å²) in [7, 11) is 0. The molecular formula is C22H19ClFN3O2. The van der Waals surface area contributed by atoms with Crippen molar-refractivity contribution in [3.8, 4) is 5.75 Å². The van der Waals surface area contributed by atoms with Crippen molar-refractivity contribution in [3.05, 3.63) is 94.8 Å². The Morgan fingerprint density at radius 2 is 1.76 bits per heavy atom. The maximum Gasteiger partial charge on any atom is 0.259 e. The van der Waals surface area contributed by atoms with Crippen LogP contribution < -0.4 is 15.5 Å². The molecule has 0 saturated carbocycles. The van der Waals surface area contributed by atoms with Gasteiger partial charge in [0.25, 0.3) is 5.91 Å². The Bertz CT molecular complexity index is 976. The second-order valence-corrected chi connectivity index (χ2v) is 6.51. The molecular weight excluding hydrogens is 393 g/mol. The molecule has 0 spiro atoms. The minimum Gasteiger partial charge on any atom is -0.489 e. The van der Waals surface area contributed by atoms with E-state index in [2.05, 4.69) is 15.8 Å². The van der Waals surface area contributed by atoms with Gasteiger partial charge in [0.2, 0.25) is 0 Å². The lowest BCUT2D eigenvalue weighted by Crippen LogP contribution is -2.25. The Morgan fingerprint density at radius 3 is 2.48 bits per heavy atom. The third-order valence-corrected chi connectivity index (χ3v) is 4.30. The largest absolute Gasteiger partial charge is 0.489 e. The van der Waals surface area contributed by atoms with Crippen LogP contribution >= 0.6 is 11.6 Å². The van der Waals surface area contributed by atoms with Crippen molar-refractivity contribution in [2.45, 2.75) is 6.61 Å². The molecule has 2 N–H and O–H groups in total. The molecule has 3 rings (SSSR count). The Hall–Kier alpha value is -3.38. The van der Waals surface area contributed by atoms with Crippen LogP contribution in [0, 0.1) is 5.82 Å². The van der Waals surface area contributed by atoms with Crippen molar-refractivity contribution in [2.24, 2.45) is 5.10 Å². The van der Waals surface area contributed by atoms with E-state index in [0.717, 1.165) is 11.1 Å². The molecule has 3 aromatic rings. The number of hydrogen-bond donors (Lipinski definition) is 2. The highest BCUT2D eigenvalue weighted by Gasteiger charge is 2.01. The summed E-state index contributed by atoms with van der Waals surface area (Å²) in [5.74, 6) is 0.0600. The van der Waals surface area contributed by atoms with Gasteiger partial charge in [0.15, 0.2) is 0 Å². The molecule has 0 aromatic heterocycles. The molecule has 3 aromatic carbocycles. The standard InChI is InChI=1S/C22H19ClFN3O2/c23-21-4-2-1-3-17(21)15-29-20-11-5-16(6-12-20)13-26-27-22(28)14-25-19-9-7-18(24)8-10-19/h1-13,25H,14-15H2,(H,27,28)/b26-13-. The fourth-order valence-electron chi connectivity index (χ4n) is 2.40. The van der Waals surface area contributed by atoms with Crippen LogP contribution in [0.25, 0.3) is 0 Å². The first-order chi connectivity index (χ1) is 14.1. The molecule has 0 fully saturated rings. The van der Waals surface area contributed by atoms with Gasteiger partial charge in [0, 0.05) is 16.3 Å². The highest BCUT2D eigenvalue weighted by molar-refractivity contribution is 6.31. The van der Waals surface area contributed by atoms with Crippen LogP contribution in [-0.2, 0) is 11.4 Å². The van der Waals surface area contributed by atoms with E-state index in [0.29, 0.717) is 23.1 Å². The van der Waals surface area contributed by atoms with Crippen molar-refractivity contribution in [1.29, 1.82) is 0 Å². The lowest BCUT2D eigenvalue weighted by Gasteiger charge is -2.08. The van der Waals surface area contributed by atoms with Gasteiger partial charge in [0.1, 0.15) is 18.2 Å². The molecule has 0 radical (unpaired) electrons. The van der Waals surface area contributed by atoms with Crippen molar-refractivity contribution in [2.75, 3.05) is 11.9 Å². The maximum atomic E-state index is 12.8. The van der Waals surface area contributed by atoms with E-state index in [1.165, 1.54) is 18.3 Å². The highest BCUT2D eigenvalue weighted by atomic mass is 35.5. The van der Waals surface area contributed by atoms with Crippen LogP contribution in [0.15, 0.2) is 77.9 Å². The van der Waals surface area contributed by atoms with Gasteiger partial charge < -0.3 is 10.1 Å². The highest BCUT2D eigenvalue weighted by Crippen LogP contribution is 2.18. The molecule has 0 bridgehead atoms. The lowest BCUT2D eigenvalue weighted by atomic mass is 10.2. The van der Waals surface area contributed by atoms with E-state index in [9.17, 15) is 9.18 Å². The Kier molecular flexibility index (Phi) is 7.19. The maximum absolute atomic E-state index is 12.8. The smallest absolute Gasteiger partial charge is 0.259 e. The van der Waals surface area contributed by atoms with Crippen LogP contribution in [-0.4, -0.2) is 18.7 Å². The molecule has 0 saturated heterocycles.